The summed E-state index contributed by atoms with van der Waals surface area (Å²) in [5.41, 5.74) is 4.54. The molecule has 0 aliphatic carbocycles. The number of fused-ring (bicyclic) bond motifs is 2. The van der Waals surface area contributed by atoms with Gasteiger partial charge in [0.15, 0.2) is 0 Å². The molecule has 0 bridgehead atoms. The molecule has 31 heavy (non-hydrogen) atoms. The first-order chi connectivity index (χ1) is 15.2. The van der Waals surface area contributed by atoms with Crippen LogP contribution in [0.3, 0.4) is 0 Å². The molecule has 4 aromatic carbocycles. The molecule has 6 heteroatoms. The van der Waals surface area contributed by atoms with Crippen LogP contribution in [0.15, 0.2) is 101 Å². The zero-order valence-electron chi connectivity index (χ0n) is 16.4. The largest absolute Gasteiger partial charge is 0.507 e. The zero-order chi connectivity index (χ0) is 21.2. The Labute approximate surface area is 177 Å². The van der Waals surface area contributed by atoms with Crippen molar-refractivity contribution in [3.63, 3.8) is 0 Å². The lowest BCUT2D eigenvalue weighted by atomic mass is 10.0. The molecule has 1 heterocycles. The number of nitrogens with zero attached hydrogens (tertiary/aromatic N) is 3. The van der Waals surface area contributed by atoms with Crippen LogP contribution in [-0.4, -0.2) is 20.9 Å². The molecule has 0 saturated heterocycles. The van der Waals surface area contributed by atoms with E-state index in [0.717, 1.165) is 10.8 Å². The highest BCUT2D eigenvalue weighted by Gasteiger charge is 2.12. The highest BCUT2D eigenvalue weighted by molar-refractivity contribution is 6.02. The average Bonchev–Trinajstić information content (AvgIpc) is 2.81. The highest BCUT2D eigenvalue weighted by atomic mass is 16.3. The molecule has 0 spiro atoms. The minimum atomic E-state index is -0.192. The summed E-state index contributed by atoms with van der Waals surface area (Å²) in [4.78, 5) is 17.8. The molecule has 5 rings (SSSR count). The van der Waals surface area contributed by atoms with Gasteiger partial charge in [0, 0.05) is 5.56 Å². The first kappa shape index (κ1) is 18.6. The number of para-hydroxylation sites is 2. The fourth-order valence-electron chi connectivity index (χ4n) is 3.60. The summed E-state index contributed by atoms with van der Waals surface area (Å²) in [6, 6.07) is 27.7. The second kappa shape index (κ2) is 7.76. The molecular weight excluding hydrogens is 388 g/mol. The second-order valence-corrected chi connectivity index (χ2v) is 7.02. The van der Waals surface area contributed by atoms with Crippen molar-refractivity contribution in [2.45, 2.75) is 0 Å². The Kier molecular flexibility index (Phi) is 4.65. The summed E-state index contributed by atoms with van der Waals surface area (Å²) >= 11 is 0. The number of aromatic nitrogens is 2. The summed E-state index contributed by atoms with van der Waals surface area (Å²) in [5, 5.41) is 17.0. The first-order valence-corrected chi connectivity index (χ1v) is 9.79. The number of aromatic hydroxyl groups is 1. The Morgan fingerprint density at radius 3 is 2.39 bits per heavy atom. The third kappa shape index (κ3) is 3.40. The Balaban J connectivity index is 1.62. The molecular formula is C25H18N4O2. The van der Waals surface area contributed by atoms with Crippen molar-refractivity contribution in [3.8, 4) is 11.4 Å². The molecule has 0 unspecified atom stereocenters. The number of anilines is 1. The molecule has 0 aliphatic heterocycles. The van der Waals surface area contributed by atoms with Crippen molar-refractivity contribution in [3.05, 3.63) is 107 Å². The van der Waals surface area contributed by atoms with Gasteiger partial charge in [0.1, 0.15) is 5.75 Å². The molecule has 5 aromatic rings. The second-order valence-electron chi connectivity index (χ2n) is 7.02. The lowest BCUT2D eigenvalue weighted by Gasteiger charge is -2.12. The van der Waals surface area contributed by atoms with E-state index in [1.807, 2.05) is 72.8 Å². The fourth-order valence-corrected chi connectivity index (χ4v) is 3.60. The van der Waals surface area contributed by atoms with E-state index in [2.05, 4.69) is 15.5 Å². The predicted octanol–water partition coefficient (Wildman–Crippen LogP) is 4.69. The summed E-state index contributed by atoms with van der Waals surface area (Å²) in [5.74, 6) is 0.405. The molecule has 2 N–H and O–H groups in total. The quantitative estimate of drug-likeness (QED) is 0.335. The average molecular weight is 406 g/mol. The van der Waals surface area contributed by atoms with Gasteiger partial charge in [0.25, 0.3) is 5.56 Å². The lowest BCUT2D eigenvalue weighted by molar-refractivity contribution is 0.475. The maximum atomic E-state index is 13.2. The van der Waals surface area contributed by atoms with Gasteiger partial charge < -0.3 is 5.11 Å². The monoisotopic (exact) mass is 406 g/mol. The molecule has 150 valence electrons. The minimum absolute atomic E-state index is 0.121. The zero-order valence-corrected chi connectivity index (χ0v) is 16.4. The third-order valence-corrected chi connectivity index (χ3v) is 5.10. The minimum Gasteiger partial charge on any atom is -0.507 e. The van der Waals surface area contributed by atoms with Gasteiger partial charge in [-0.25, -0.2) is 15.0 Å². The van der Waals surface area contributed by atoms with Crippen LogP contribution in [0.4, 0.5) is 5.95 Å². The van der Waals surface area contributed by atoms with Gasteiger partial charge in [0.2, 0.25) is 5.95 Å². The molecule has 6 nitrogen and oxygen atoms in total. The van der Waals surface area contributed by atoms with Crippen molar-refractivity contribution in [1.29, 1.82) is 0 Å². The van der Waals surface area contributed by atoms with E-state index < -0.39 is 0 Å². The number of nitrogens with one attached hydrogen (secondary N) is 1. The van der Waals surface area contributed by atoms with Crippen LogP contribution >= 0.6 is 0 Å². The van der Waals surface area contributed by atoms with Crippen LogP contribution < -0.4 is 11.0 Å². The Morgan fingerprint density at radius 1 is 0.839 bits per heavy atom. The third-order valence-electron chi connectivity index (χ3n) is 5.10. The number of benzene rings is 4. The van der Waals surface area contributed by atoms with Crippen LogP contribution in [0, 0.1) is 0 Å². The van der Waals surface area contributed by atoms with E-state index >= 15 is 0 Å². The Bertz CT molecular complexity index is 1490. The summed E-state index contributed by atoms with van der Waals surface area (Å²) in [6.45, 7) is 0. The molecule has 0 aliphatic rings. The molecule has 0 fully saturated rings. The summed E-state index contributed by atoms with van der Waals surface area (Å²) in [6.07, 6.45) is 1.54. The molecule has 0 saturated carbocycles. The summed E-state index contributed by atoms with van der Waals surface area (Å²) in [7, 11) is 0. The van der Waals surface area contributed by atoms with Gasteiger partial charge in [-0.3, -0.25) is 4.79 Å². The van der Waals surface area contributed by atoms with E-state index in [0.29, 0.717) is 22.2 Å². The Morgan fingerprint density at radius 2 is 1.55 bits per heavy atom. The van der Waals surface area contributed by atoms with Gasteiger partial charge in [-0.1, -0.05) is 60.7 Å². The van der Waals surface area contributed by atoms with Crippen molar-refractivity contribution in [2.24, 2.45) is 5.10 Å². The number of phenolic OH excluding ortho intramolecular Hbond substituents is 1. The van der Waals surface area contributed by atoms with Crippen LogP contribution in [0.25, 0.3) is 27.4 Å². The van der Waals surface area contributed by atoms with Crippen molar-refractivity contribution < 1.29 is 5.11 Å². The van der Waals surface area contributed by atoms with E-state index in [1.165, 1.54) is 10.8 Å². The maximum absolute atomic E-state index is 13.2. The van der Waals surface area contributed by atoms with Gasteiger partial charge in [-0.15, -0.1) is 0 Å². The van der Waals surface area contributed by atoms with E-state index in [1.54, 1.807) is 18.2 Å². The van der Waals surface area contributed by atoms with Crippen LogP contribution in [0.5, 0.6) is 5.75 Å². The van der Waals surface area contributed by atoms with Gasteiger partial charge >= 0.3 is 0 Å². The first-order valence-electron chi connectivity index (χ1n) is 9.79. The number of hydrogen-bond donors (Lipinski definition) is 2. The fraction of sp³-hybridized carbons (Fsp3) is 0. The summed E-state index contributed by atoms with van der Waals surface area (Å²) < 4.78 is 1.49. The van der Waals surface area contributed by atoms with Gasteiger partial charge in [-0.05, 0) is 41.1 Å². The van der Waals surface area contributed by atoms with E-state index in [9.17, 15) is 9.90 Å². The van der Waals surface area contributed by atoms with Crippen molar-refractivity contribution in [1.82, 2.24) is 9.55 Å². The number of hydrazone groups is 1. The van der Waals surface area contributed by atoms with Crippen LogP contribution in [-0.2, 0) is 0 Å². The van der Waals surface area contributed by atoms with E-state index in [4.69, 9.17) is 0 Å². The Hall–Kier alpha value is -4.45. The van der Waals surface area contributed by atoms with Crippen molar-refractivity contribution in [2.75, 3.05) is 5.43 Å². The standard InChI is InChI=1S/C25H18N4O2/c30-23-15-14-17-8-4-5-11-19(17)21(23)16-26-28-25-27-22-13-7-6-12-20(22)24(31)29(25)18-9-2-1-3-10-18/h1-16,30H,(H,27,28). The van der Waals surface area contributed by atoms with Gasteiger partial charge in [0.05, 0.1) is 22.8 Å². The maximum Gasteiger partial charge on any atom is 0.267 e. The number of hydrogen-bond acceptors (Lipinski definition) is 5. The van der Waals surface area contributed by atoms with Crippen LogP contribution in [0.2, 0.25) is 0 Å². The lowest BCUT2D eigenvalue weighted by Crippen LogP contribution is -2.22. The normalized spacial score (nSPS) is 11.4. The SMILES string of the molecule is O=c1c2ccccc2nc(NN=Cc2c(O)ccc3ccccc23)n1-c1ccccc1. The molecule has 0 radical (unpaired) electrons. The molecule has 0 atom stereocenters. The van der Waals surface area contributed by atoms with Crippen LogP contribution in [0.1, 0.15) is 5.56 Å². The topological polar surface area (TPSA) is 79.5 Å². The molecule has 1 aromatic heterocycles. The highest BCUT2D eigenvalue weighted by Crippen LogP contribution is 2.25. The smallest absolute Gasteiger partial charge is 0.267 e. The number of rotatable bonds is 4. The number of phenols is 1. The van der Waals surface area contributed by atoms with Crippen molar-refractivity contribution >= 4 is 33.8 Å². The van der Waals surface area contributed by atoms with Gasteiger partial charge in [-0.2, -0.15) is 5.10 Å². The molecule has 0 amide bonds. The predicted molar refractivity (Wildman–Crippen MR) is 124 cm³/mol. The van der Waals surface area contributed by atoms with E-state index in [-0.39, 0.29) is 17.3 Å².